The fraction of sp³-hybridized carbons (Fsp3) is 0.250. The first kappa shape index (κ1) is 27.5. The molecule has 2 amide bonds. The van der Waals surface area contributed by atoms with Gasteiger partial charge in [0.25, 0.3) is 0 Å². The van der Waals surface area contributed by atoms with Gasteiger partial charge in [-0.2, -0.15) is 5.10 Å². The molecule has 0 heterocycles. The van der Waals surface area contributed by atoms with E-state index in [1.165, 1.54) is 6.21 Å². The molecule has 0 spiro atoms. The Balaban J connectivity index is 1.62. The van der Waals surface area contributed by atoms with Crippen LogP contribution in [0.3, 0.4) is 0 Å². The fourth-order valence-electron chi connectivity index (χ4n) is 3.43. The first-order valence-electron chi connectivity index (χ1n) is 11.9. The molecule has 0 radical (unpaired) electrons. The van der Waals surface area contributed by atoms with E-state index in [0.29, 0.717) is 35.3 Å². The third-order valence-electron chi connectivity index (χ3n) is 5.17. The zero-order valence-electron chi connectivity index (χ0n) is 20.8. The quantitative estimate of drug-likeness (QED) is 0.236. The van der Waals surface area contributed by atoms with Gasteiger partial charge in [0.1, 0.15) is 6.61 Å². The smallest absolute Gasteiger partial charge is 0.407 e. The highest BCUT2D eigenvalue weighted by molar-refractivity contribution is 6.31. The molecule has 3 rings (SSSR count). The molecule has 2 N–H and O–H groups in total. The molecule has 0 aliphatic heterocycles. The van der Waals surface area contributed by atoms with Crippen molar-refractivity contribution in [2.75, 3.05) is 13.2 Å². The minimum Gasteiger partial charge on any atom is -0.490 e. The summed E-state index contributed by atoms with van der Waals surface area (Å²) in [4.78, 5) is 24.5. The first-order chi connectivity index (χ1) is 18.0. The van der Waals surface area contributed by atoms with Gasteiger partial charge < -0.3 is 19.5 Å². The van der Waals surface area contributed by atoms with Crippen LogP contribution in [-0.2, 0) is 16.1 Å². The molecular weight excluding hydrogens is 494 g/mol. The second-order valence-corrected chi connectivity index (χ2v) is 8.25. The molecule has 0 saturated heterocycles. The monoisotopic (exact) mass is 523 g/mol. The maximum absolute atomic E-state index is 12.6. The van der Waals surface area contributed by atoms with E-state index in [1.54, 1.807) is 25.1 Å². The van der Waals surface area contributed by atoms with Crippen molar-refractivity contribution < 1.29 is 23.8 Å². The van der Waals surface area contributed by atoms with Crippen molar-refractivity contribution in [2.24, 2.45) is 5.10 Å². The van der Waals surface area contributed by atoms with Crippen LogP contribution in [0.15, 0.2) is 77.9 Å². The van der Waals surface area contributed by atoms with E-state index < -0.39 is 12.1 Å². The van der Waals surface area contributed by atoms with E-state index in [-0.39, 0.29) is 18.9 Å². The van der Waals surface area contributed by atoms with Crippen LogP contribution in [-0.4, -0.2) is 31.4 Å². The van der Waals surface area contributed by atoms with Gasteiger partial charge in [-0.05, 0) is 49.2 Å². The van der Waals surface area contributed by atoms with Crippen LogP contribution >= 0.6 is 11.6 Å². The van der Waals surface area contributed by atoms with E-state index in [2.05, 4.69) is 15.8 Å². The highest BCUT2D eigenvalue weighted by Crippen LogP contribution is 2.29. The molecule has 9 heteroatoms. The summed E-state index contributed by atoms with van der Waals surface area (Å²) in [6, 6.07) is 21.5. The van der Waals surface area contributed by atoms with Gasteiger partial charge in [0.2, 0.25) is 5.91 Å². The topological polar surface area (TPSA) is 98.2 Å². The van der Waals surface area contributed by atoms with Gasteiger partial charge in [-0.3, -0.25) is 4.79 Å². The lowest BCUT2D eigenvalue weighted by Gasteiger charge is -2.18. The fourth-order valence-corrected chi connectivity index (χ4v) is 3.62. The van der Waals surface area contributed by atoms with Crippen LogP contribution in [0.1, 0.15) is 43.0 Å². The van der Waals surface area contributed by atoms with Crippen molar-refractivity contribution in [3.8, 4) is 11.5 Å². The molecule has 0 aromatic heterocycles. The Morgan fingerprint density at radius 3 is 2.43 bits per heavy atom. The van der Waals surface area contributed by atoms with E-state index in [0.717, 1.165) is 11.1 Å². The molecule has 0 saturated carbocycles. The number of hydrogen-bond acceptors (Lipinski definition) is 6. The van der Waals surface area contributed by atoms with Gasteiger partial charge >= 0.3 is 6.09 Å². The van der Waals surface area contributed by atoms with Crippen molar-refractivity contribution in [3.05, 3.63) is 94.5 Å². The van der Waals surface area contributed by atoms with E-state index in [9.17, 15) is 9.59 Å². The predicted molar refractivity (Wildman–Crippen MR) is 143 cm³/mol. The van der Waals surface area contributed by atoms with Crippen LogP contribution in [0.4, 0.5) is 4.79 Å². The van der Waals surface area contributed by atoms with Crippen molar-refractivity contribution in [2.45, 2.75) is 32.9 Å². The summed E-state index contributed by atoms with van der Waals surface area (Å²) in [6.45, 7) is 4.58. The molecule has 3 aromatic rings. The summed E-state index contributed by atoms with van der Waals surface area (Å²) in [5, 5.41) is 7.40. The molecule has 0 fully saturated rings. The van der Waals surface area contributed by atoms with Crippen LogP contribution < -0.4 is 20.2 Å². The van der Waals surface area contributed by atoms with Gasteiger partial charge in [-0.15, -0.1) is 0 Å². The zero-order valence-corrected chi connectivity index (χ0v) is 21.5. The largest absolute Gasteiger partial charge is 0.490 e. The minimum atomic E-state index is -0.590. The minimum absolute atomic E-state index is 0.0147. The molecule has 0 aliphatic carbocycles. The Morgan fingerprint density at radius 1 is 0.946 bits per heavy atom. The van der Waals surface area contributed by atoms with Crippen LogP contribution in [0.5, 0.6) is 11.5 Å². The van der Waals surface area contributed by atoms with E-state index in [1.807, 2.05) is 61.5 Å². The summed E-state index contributed by atoms with van der Waals surface area (Å²) in [5.41, 5.74) is 4.86. The lowest BCUT2D eigenvalue weighted by atomic mass is 10.0. The summed E-state index contributed by atoms with van der Waals surface area (Å²) in [6.07, 6.45) is 0.904. The molecule has 0 unspecified atom stereocenters. The van der Waals surface area contributed by atoms with Gasteiger partial charge in [0.05, 0.1) is 31.9 Å². The highest BCUT2D eigenvalue weighted by Gasteiger charge is 2.19. The number of hydrogen-bond donors (Lipinski definition) is 2. The van der Waals surface area contributed by atoms with E-state index >= 15 is 0 Å². The van der Waals surface area contributed by atoms with Crippen LogP contribution in [0.25, 0.3) is 0 Å². The molecule has 37 heavy (non-hydrogen) atoms. The van der Waals surface area contributed by atoms with Gasteiger partial charge in [0.15, 0.2) is 11.5 Å². The molecule has 194 valence electrons. The number of alkyl carbamates (subject to hydrolysis) is 1. The Labute approximate surface area is 221 Å². The molecule has 3 aromatic carbocycles. The lowest BCUT2D eigenvalue weighted by Crippen LogP contribution is -2.33. The maximum Gasteiger partial charge on any atom is 0.407 e. The van der Waals surface area contributed by atoms with Crippen molar-refractivity contribution >= 4 is 29.8 Å². The molecule has 0 bridgehead atoms. The number of benzene rings is 3. The third kappa shape index (κ3) is 8.84. The number of amides is 2. The zero-order chi connectivity index (χ0) is 26.5. The number of carbonyl (C=O) groups is 2. The third-order valence-corrected chi connectivity index (χ3v) is 5.54. The Kier molecular flexibility index (Phi) is 10.8. The van der Waals surface area contributed by atoms with Crippen LogP contribution in [0.2, 0.25) is 5.02 Å². The highest BCUT2D eigenvalue weighted by atomic mass is 35.5. The van der Waals surface area contributed by atoms with Gasteiger partial charge in [-0.1, -0.05) is 60.1 Å². The molecule has 8 nitrogen and oxygen atoms in total. The number of rotatable bonds is 12. The SMILES string of the molecule is CCOC(=O)N[C@H](CC(=O)N/N=C\c1ccc(OCc2ccccc2Cl)c(OCC)c1)c1ccccc1. The summed E-state index contributed by atoms with van der Waals surface area (Å²) >= 11 is 6.21. The number of nitrogens with one attached hydrogen (secondary N) is 2. The Bertz CT molecular complexity index is 1200. The number of nitrogens with zero attached hydrogens (tertiary/aromatic N) is 1. The Hall–Kier alpha value is -4.04. The maximum atomic E-state index is 12.6. The van der Waals surface area contributed by atoms with Crippen molar-refractivity contribution in [1.29, 1.82) is 0 Å². The number of carbonyl (C=O) groups excluding carboxylic acids is 2. The summed E-state index contributed by atoms with van der Waals surface area (Å²) in [5.74, 6) is 0.748. The second kappa shape index (κ2) is 14.5. The average molecular weight is 524 g/mol. The van der Waals surface area contributed by atoms with Crippen LogP contribution in [0, 0.1) is 0 Å². The van der Waals surface area contributed by atoms with Crippen molar-refractivity contribution in [1.82, 2.24) is 10.7 Å². The number of ether oxygens (including phenoxy) is 3. The normalized spacial score (nSPS) is 11.5. The Morgan fingerprint density at radius 2 is 1.70 bits per heavy atom. The predicted octanol–water partition coefficient (Wildman–Crippen LogP) is 5.65. The number of halogens is 1. The average Bonchev–Trinajstić information content (AvgIpc) is 2.89. The lowest BCUT2D eigenvalue weighted by molar-refractivity contribution is -0.121. The van der Waals surface area contributed by atoms with Gasteiger partial charge in [0, 0.05) is 10.6 Å². The molecule has 1 atom stereocenters. The second-order valence-electron chi connectivity index (χ2n) is 7.84. The number of hydrazone groups is 1. The molecular formula is C28H30ClN3O5. The molecule has 0 aliphatic rings. The van der Waals surface area contributed by atoms with E-state index in [4.69, 9.17) is 25.8 Å². The first-order valence-corrected chi connectivity index (χ1v) is 12.3. The van der Waals surface area contributed by atoms with Crippen molar-refractivity contribution in [3.63, 3.8) is 0 Å². The summed E-state index contributed by atoms with van der Waals surface area (Å²) < 4.78 is 16.6. The van der Waals surface area contributed by atoms with Gasteiger partial charge in [-0.25, -0.2) is 10.2 Å². The summed E-state index contributed by atoms with van der Waals surface area (Å²) in [7, 11) is 0. The standard InChI is InChI=1S/C28H30ClN3O5/c1-3-35-26-16-20(14-15-25(26)37-19-22-12-8-9-13-23(22)29)18-30-32-27(33)17-24(31-28(34)36-4-2)21-10-6-5-7-11-21/h5-16,18,24H,3-4,17,19H2,1-2H3,(H,31,34)(H,32,33)/b30-18-/t24-/m1/s1.